The van der Waals surface area contributed by atoms with Crippen molar-refractivity contribution < 1.29 is 23.5 Å². The van der Waals surface area contributed by atoms with Crippen LogP contribution >= 0.6 is 0 Å². The van der Waals surface area contributed by atoms with Gasteiger partial charge in [-0.3, -0.25) is 9.59 Å². The highest BCUT2D eigenvalue weighted by Gasteiger charge is 2.21. The van der Waals surface area contributed by atoms with E-state index in [1.54, 1.807) is 13.0 Å². The fourth-order valence-corrected chi connectivity index (χ4v) is 2.85. The average Bonchev–Trinajstić information content (AvgIpc) is 3.06. The van der Waals surface area contributed by atoms with Crippen molar-refractivity contribution in [2.24, 2.45) is 0 Å². The highest BCUT2D eigenvalue weighted by Crippen LogP contribution is 2.20. The van der Waals surface area contributed by atoms with Gasteiger partial charge in [0.15, 0.2) is 0 Å². The zero-order valence-electron chi connectivity index (χ0n) is 16.3. The van der Waals surface area contributed by atoms with E-state index >= 15 is 0 Å². The highest BCUT2D eigenvalue weighted by molar-refractivity contribution is 6.39. The quantitative estimate of drug-likeness (QED) is 0.559. The second-order valence-electron chi connectivity index (χ2n) is 6.73. The maximum absolute atomic E-state index is 13.7. The lowest BCUT2D eigenvalue weighted by Crippen LogP contribution is -2.38. The number of carbonyl (C=O) groups excluding carboxylic acids is 2. The Labute approximate surface area is 171 Å². The maximum Gasteiger partial charge on any atom is 0.314 e. The molecule has 1 atom stereocenters. The lowest BCUT2D eigenvalue weighted by Gasteiger charge is -2.14. The van der Waals surface area contributed by atoms with Gasteiger partial charge in [0.25, 0.3) is 0 Å². The Morgan fingerprint density at radius 1 is 1.07 bits per heavy atom. The van der Waals surface area contributed by atoms with E-state index in [-0.39, 0.29) is 5.82 Å². The first-order valence-electron chi connectivity index (χ1n) is 9.11. The Morgan fingerprint density at radius 2 is 1.70 bits per heavy atom. The molecule has 1 heterocycles. The number of nitrogens with one attached hydrogen (secondary N) is 2. The number of aromatic nitrogens is 2. The number of nitrogens with zero attached hydrogens (tertiary/aromatic N) is 2. The molecule has 3 rings (SSSR count). The van der Waals surface area contributed by atoms with Crippen LogP contribution in [0.2, 0.25) is 0 Å². The Bertz CT molecular complexity index is 1060. The number of aliphatic hydroxyl groups is 1. The standard InChI is InChI=1S/C21H20F2N4O3/c1-12-6-8-14(9-7-12)27-18(10-13(2)26-27)25-21(30)20(29)24-11-17(28)19-15(22)4-3-5-16(19)23/h3-10,17,28H,11H2,1-2H3,(H,24,29)(H,25,30)/t17-/m1/s1. The molecule has 0 fully saturated rings. The van der Waals surface area contributed by atoms with Crippen molar-refractivity contribution in [3.05, 3.63) is 77.0 Å². The lowest BCUT2D eigenvalue weighted by atomic mass is 10.1. The van der Waals surface area contributed by atoms with Crippen molar-refractivity contribution >= 4 is 17.6 Å². The van der Waals surface area contributed by atoms with Crippen LogP contribution in [0.3, 0.4) is 0 Å². The molecule has 2 amide bonds. The first-order chi connectivity index (χ1) is 14.3. The zero-order valence-corrected chi connectivity index (χ0v) is 16.3. The fraction of sp³-hybridized carbons (Fsp3) is 0.190. The van der Waals surface area contributed by atoms with E-state index in [1.807, 2.05) is 31.2 Å². The third kappa shape index (κ3) is 4.69. The predicted molar refractivity (Wildman–Crippen MR) is 106 cm³/mol. The third-order valence-electron chi connectivity index (χ3n) is 4.35. The van der Waals surface area contributed by atoms with Crippen LogP contribution in [-0.2, 0) is 9.59 Å². The molecule has 3 aromatic rings. The summed E-state index contributed by atoms with van der Waals surface area (Å²) in [5.74, 6) is -3.70. The van der Waals surface area contributed by atoms with E-state index in [1.165, 1.54) is 4.68 Å². The van der Waals surface area contributed by atoms with Gasteiger partial charge in [-0.25, -0.2) is 13.5 Å². The molecule has 0 saturated heterocycles. The lowest BCUT2D eigenvalue weighted by molar-refractivity contribution is -0.136. The monoisotopic (exact) mass is 414 g/mol. The number of hydrogen-bond acceptors (Lipinski definition) is 4. The van der Waals surface area contributed by atoms with Crippen LogP contribution in [0.1, 0.15) is 22.9 Å². The highest BCUT2D eigenvalue weighted by atomic mass is 19.1. The SMILES string of the molecule is Cc1ccc(-n2nc(C)cc2NC(=O)C(=O)NC[C@@H](O)c2c(F)cccc2F)cc1. The number of anilines is 1. The first kappa shape index (κ1) is 21.1. The van der Waals surface area contributed by atoms with Crippen LogP contribution in [0.5, 0.6) is 0 Å². The van der Waals surface area contributed by atoms with Gasteiger partial charge >= 0.3 is 11.8 Å². The van der Waals surface area contributed by atoms with E-state index in [0.717, 1.165) is 23.8 Å². The topological polar surface area (TPSA) is 96.2 Å². The molecule has 3 N–H and O–H groups in total. The number of aryl methyl sites for hydroxylation is 2. The largest absolute Gasteiger partial charge is 0.386 e. The van der Waals surface area contributed by atoms with Crippen molar-refractivity contribution in [2.75, 3.05) is 11.9 Å². The zero-order chi connectivity index (χ0) is 21.8. The minimum absolute atomic E-state index is 0.275. The van der Waals surface area contributed by atoms with E-state index in [9.17, 15) is 23.5 Å². The molecule has 0 saturated carbocycles. The fourth-order valence-electron chi connectivity index (χ4n) is 2.85. The molecule has 7 nitrogen and oxygen atoms in total. The molecular weight excluding hydrogens is 394 g/mol. The number of carbonyl (C=O) groups is 2. The van der Waals surface area contributed by atoms with Gasteiger partial charge in [0.1, 0.15) is 23.6 Å². The summed E-state index contributed by atoms with van der Waals surface area (Å²) >= 11 is 0. The number of amides is 2. The summed E-state index contributed by atoms with van der Waals surface area (Å²) in [5, 5.41) is 18.9. The van der Waals surface area contributed by atoms with Crippen LogP contribution in [0.15, 0.2) is 48.5 Å². The van der Waals surface area contributed by atoms with Crippen molar-refractivity contribution in [3.63, 3.8) is 0 Å². The van der Waals surface area contributed by atoms with Gasteiger partial charge in [-0.05, 0) is 38.1 Å². The van der Waals surface area contributed by atoms with Crippen LogP contribution in [0.25, 0.3) is 5.69 Å². The molecule has 1 aromatic heterocycles. The first-order valence-corrected chi connectivity index (χ1v) is 9.11. The van der Waals surface area contributed by atoms with Crippen LogP contribution in [0.4, 0.5) is 14.6 Å². The van der Waals surface area contributed by atoms with Gasteiger partial charge in [-0.2, -0.15) is 5.10 Å². The Balaban J connectivity index is 1.67. The second-order valence-corrected chi connectivity index (χ2v) is 6.73. The average molecular weight is 414 g/mol. The van der Waals surface area contributed by atoms with Gasteiger partial charge in [-0.15, -0.1) is 0 Å². The Kier molecular flexibility index (Phi) is 6.22. The van der Waals surface area contributed by atoms with Crippen molar-refractivity contribution in [1.29, 1.82) is 0 Å². The number of halogens is 2. The summed E-state index contributed by atoms with van der Waals surface area (Å²) in [6.45, 7) is 3.13. The van der Waals surface area contributed by atoms with Crippen molar-refractivity contribution in [1.82, 2.24) is 15.1 Å². The molecule has 0 unspecified atom stereocenters. The molecule has 2 aromatic carbocycles. The number of hydrogen-bond donors (Lipinski definition) is 3. The molecule has 0 radical (unpaired) electrons. The molecule has 0 spiro atoms. The molecule has 0 aliphatic rings. The summed E-state index contributed by atoms with van der Waals surface area (Å²) in [7, 11) is 0. The Hall–Kier alpha value is -3.59. The second kappa shape index (κ2) is 8.83. The maximum atomic E-state index is 13.7. The van der Waals surface area contributed by atoms with Gasteiger partial charge < -0.3 is 15.7 Å². The van der Waals surface area contributed by atoms with Crippen LogP contribution < -0.4 is 10.6 Å². The Morgan fingerprint density at radius 3 is 2.33 bits per heavy atom. The minimum Gasteiger partial charge on any atom is -0.386 e. The minimum atomic E-state index is -1.65. The summed E-state index contributed by atoms with van der Waals surface area (Å²) in [5.41, 5.74) is 1.79. The summed E-state index contributed by atoms with van der Waals surface area (Å²) < 4.78 is 28.9. The van der Waals surface area contributed by atoms with Gasteiger partial charge in [0.2, 0.25) is 0 Å². The molecule has 30 heavy (non-hydrogen) atoms. The van der Waals surface area contributed by atoms with E-state index in [0.29, 0.717) is 11.4 Å². The summed E-state index contributed by atoms with van der Waals surface area (Å²) in [6.07, 6.45) is -1.65. The predicted octanol–water partition coefficient (Wildman–Crippen LogP) is 2.56. The molecular formula is C21H20F2N4O3. The van der Waals surface area contributed by atoms with E-state index < -0.39 is 41.7 Å². The van der Waals surface area contributed by atoms with Gasteiger partial charge in [0, 0.05) is 12.6 Å². The van der Waals surface area contributed by atoms with E-state index in [2.05, 4.69) is 15.7 Å². The normalized spacial score (nSPS) is 11.8. The van der Waals surface area contributed by atoms with Gasteiger partial charge in [-0.1, -0.05) is 23.8 Å². The number of benzene rings is 2. The van der Waals surface area contributed by atoms with Crippen molar-refractivity contribution in [2.45, 2.75) is 20.0 Å². The molecule has 0 bridgehead atoms. The molecule has 9 heteroatoms. The molecule has 156 valence electrons. The summed E-state index contributed by atoms with van der Waals surface area (Å²) in [4.78, 5) is 24.3. The van der Waals surface area contributed by atoms with Crippen LogP contribution in [-0.4, -0.2) is 33.2 Å². The van der Waals surface area contributed by atoms with Gasteiger partial charge in [0.05, 0.1) is 16.9 Å². The molecule has 0 aliphatic carbocycles. The van der Waals surface area contributed by atoms with Crippen molar-refractivity contribution in [3.8, 4) is 5.69 Å². The van der Waals surface area contributed by atoms with Crippen LogP contribution in [0, 0.1) is 25.5 Å². The van der Waals surface area contributed by atoms with E-state index in [4.69, 9.17) is 0 Å². The molecule has 0 aliphatic heterocycles. The third-order valence-corrected chi connectivity index (χ3v) is 4.35. The number of rotatable bonds is 5. The summed E-state index contributed by atoms with van der Waals surface area (Å²) in [6, 6.07) is 12.1. The smallest absolute Gasteiger partial charge is 0.314 e. The number of aliphatic hydroxyl groups excluding tert-OH is 1.